The first-order chi connectivity index (χ1) is 9.61. The third-order valence-corrected chi connectivity index (χ3v) is 4.22. The number of hydrogen-bond donors (Lipinski definition) is 1. The first-order valence-electron chi connectivity index (χ1n) is 6.55. The summed E-state index contributed by atoms with van der Waals surface area (Å²) < 4.78 is 6.69. The van der Waals surface area contributed by atoms with Gasteiger partial charge in [-0.15, -0.1) is 0 Å². The topological polar surface area (TPSA) is 35.2 Å². The van der Waals surface area contributed by atoms with Crippen LogP contribution in [0.3, 0.4) is 0 Å². The normalized spacial score (nSPS) is 12.2. The van der Waals surface area contributed by atoms with Gasteiger partial charge in [-0.1, -0.05) is 30.7 Å². The quantitative estimate of drug-likeness (QED) is 0.732. The van der Waals surface area contributed by atoms with E-state index in [2.05, 4.69) is 29.5 Å². The molecule has 2 aromatic rings. The fraction of sp³-hybridized carbons (Fsp3) is 0.250. The molecular formula is C16H17ClINO. The number of rotatable bonds is 5. The minimum Gasteiger partial charge on any atom is -0.494 e. The lowest BCUT2D eigenvalue weighted by atomic mass is 10.00. The van der Waals surface area contributed by atoms with Crippen molar-refractivity contribution < 1.29 is 4.74 Å². The van der Waals surface area contributed by atoms with Crippen molar-refractivity contribution in [3.8, 4) is 5.75 Å². The number of ether oxygens (including phenoxy) is 1. The Morgan fingerprint density at radius 1 is 1.20 bits per heavy atom. The van der Waals surface area contributed by atoms with E-state index in [1.54, 1.807) is 0 Å². The van der Waals surface area contributed by atoms with Crippen LogP contribution in [0.15, 0.2) is 42.5 Å². The Bertz CT molecular complexity index is 571. The monoisotopic (exact) mass is 401 g/mol. The van der Waals surface area contributed by atoms with Crippen LogP contribution in [0.5, 0.6) is 5.75 Å². The zero-order chi connectivity index (χ0) is 14.5. The van der Waals surface area contributed by atoms with Crippen LogP contribution in [0.1, 0.15) is 30.5 Å². The van der Waals surface area contributed by atoms with Crippen LogP contribution in [0, 0.1) is 3.57 Å². The highest BCUT2D eigenvalue weighted by Crippen LogP contribution is 2.28. The average Bonchev–Trinajstić information content (AvgIpc) is 2.47. The van der Waals surface area contributed by atoms with E-state index >= 15 is 0 Å². The van der Waals surface area contributed by atoms with Gasteiger partial charge in [0.1, 0.15) is 5.75 Å². The molecule has 4 heteroatoms. The predicted molar refractivity (Wildman–Crippen MR) is 92.4 cm³/mol. The molecule has 2 rings (SSSR count). The molecule has 2 nitrogen and oxygen atoms in total. The van der Waals surface area contributed by atoms with Gasteiger partial charge in [0.25, 0.3) is 0 Å². The minimum atomic E-state index is -0.180. The van der Waals surface area contributed by atoms with Crippen LogP contribution in [-0.4, -0.2) is 6.61 Å². The van der Waals surface area contributed by atoms with Gasteiger partial charge in [-0.3, -0.25) is 0 Å². The Hall–Kier alpha value is -0.780. The summed E-state index contributed by atoms with van der Waals surface area (Å²) in [5, 5.41) is 0.707. The Labute approximate surface area is 138 Å². The van der Waals surface area contributed by atoms with Crippen LogP contribution in [0.2, 0.25) is 5.02 Å². The summed E-state index contributed by atoms with van der Waals surface area (Å²) in [5.41, 5.74) is 8.42. The molecule has 2 N–H and O–H groups in total. The molecule has 0 aliphatic rings. The third-order valence-electron chi connectivity index (χ3n) is 3.01. The van der Waals surface area contributed by atoms with Gasteiger partial charge in [-0.2, -0.15) is 0 Å². The standard InChI is InChI=1S/C16H17ClINO/c1-2-9-20-13-6-3-11(4-7-13)16(19)14-10-12(17)5-8-15(14)18/h3-8,10,16H,2,9,19H2,1H3. The van der Waals surface area contributed by atoms with E-state index in [1.165, 1.54) is 0 Å². The van der Waals surface area contributed by atoms with Crippen molar-refractivity contribution in [2.45, 2.75) is 19.4 Å². The van der Waals surface area contributed by atoms with Crippen LogP contribution < -0.4 is 10.5 Å². The Morgan fingerprint density at radius 3 is 2.55 bits per heavy atom. The van der Waals surface area contributed by atoms with Gasteiger partial charge in [0.15, 0.2) is 0 Å². The van der Waals surface area contributed by atoms with Crippen LogP contribution in [0.25, 0.3) is 0 Å². The largest absolute Gasteiger partial charge is 0.494 e. The second kappa shape index (κ2) is 7.29. The molecule has 0 saturated carbocycles. The molecular weight excluding hydrogens is 385 g/mol. The van der Waals surface area contributed by atoms with E-state index in [-0.39, 0.29) is 6.04 Å². The summed E-state index contributed by atoms with van der Waals surface area (Å²) in [6.07, 6.45) is 1.00. The zero-order valence-electron chi connectivity index (χ0n) is 11.3. The van der Waals surface area contributed by atoms with E-state index in [1.807, 2.05) is 42.5 Å². The average molecular weight is 402 g/mol. The molecule has 106 valence electrons. The summed E-state index contributed by atoms with van der Waals surface area (Å²) in [4.78, 5) is 0. The summed E-state index contributed by atoms with van der Waals surface area (Å²) in [6, 6.07) is 13.5. The molecule has 0 saturated heterocycles. The highest BCUT2D eigenvalue weighted by atomic mass is 127. The first-order valence-corrected chi connectivity index (χ1v) is 8.00. The van der Waals surface area contributed by atoms with Crippen molar-refractivity contribution in [3.05, 3.63) is 62.2 Å². The van der Waals surface area contributed by atoms with Crippen molar-refractivity contribution in [2.24, 2.45) is 5.73 Å². The Kier molecular flexibility index (Phi) is 5.69. The van der Waals surface area contributed by atoms with Crippen LogP contribution in [0.4, 0.5) is 0 Å². The zero-order valence-corrected chi connectivity index (χ0v) is 14.2. The number of benzene rings is 2. The van der Waals surface area contributed by atoms with Crippen LogP contribution in [-0.2, 0) is 0 Å². The van der Waals surface area contributed by atoms with Crippen molar-refractivity contribution in [3.63, 3.8) is 0 Å². The molecule has 0 spiro atoms. The molecule has 0 fully saturated rings. The van der Waals surface area contributed by atoms with Gasteiger partial charge < -0.3 is 10.5 Å². The van der Waals surface area contributed by atoms with E-state index in [9.17, 15) is 0 Å². The summed E-state index contributed by atoms with van der Waals surface area (Å²) >= 11 is 8.33. The fourth-order valence-corrected chi connectivity index (χ4v) is 2.78. The maximum absolute atomic E-state index is 6.33. The molecule has 0 heterocycles. The molecule has 20 heavy (non-hydrogen) atoms. The molecule has 0 bridgehead atoms. The van der Waals surface area contributed by atoms with Gasteiger partial charge in [0, 0.05) is 8.59 Å². The van der Waals surface area contributed by atoms with Crippen molar-refractivity contribution in [1.29, 1.82) is 0 Å². The molecule has 0 radical (unpaired) electrons. The lowest BCUT2D eigenvalue weighted by Crippen LogP contribution is -2.13. The van der Waals surface area contributed by atoms with E-state index < -0.39 is 0 Å². The van der Waals surface area contributed by atoms with Crippen molar-refractivity contribution in [2.75, 3.05) is 6.61 Å². The molecule has 0 aromatic heterocycles. The summed E-state index contributed by atoms with van der Waals surface area (Å²) in [7, 11) is 0. The van der Waals surface area contributed by atoms with Gasteiger partial charge >= 0.3 is 0 Å². The van der Waals surface area contributed by atoms with Gasteiger partial charge in [0.2, 0.25) is 0 Å². The molecule has 0 aliphatic heterocycles. The van der Waals surface area contributed by atoms with Gasteiger partial charge in [0.05, 0.1) is 12.6 Å². The molecule has 0 aliphatic carbocycles. The first kappa shape index (κ1) is 15.6. The molecule has 2 aromatic carbocycles. The maximum Gasteiger partial charge on any atom is 0.119 e. The van der Waals surface area contributed by atoms with Crippen LogP contribution >= 0.6 is 34.2 Å². The van der Waals surface area contributed by atoms with Crippen molar-refractivity contribution in [1.82, 2.24) is 0 Å². The number of halogens is 2. The lowest BCUT2D eigenvalue weighted by molar-refractivity contribution is 0.317. The second-order valence-corrected chi connectivity index (χ2v) is 6.16. The summed E-state index contributed by atoms with van der Waals surface area (Å²) in [6.45, 7) is 2.82. The second-order valence-electron chi connectivity index (χ2n) is 4.56. The summed E-state index contributed by atoms with van der Waals surface area (Å²) in [5.74, 6) is 0.878. The maximum atomic E-state index is 6.33. The lowest BCUT2D eigenvalue weighted by Gasteiger charge is -2.15. The highest BCUT2D eigenvalue weighted by Gasteiger charge is 2.12. The number of nitrogens with two attached hydrogens (primary N) is 1. The smallest absolute Gasteiger partial charge is 0.119 e. The molecule has 1 atom stereocenters. The van der Waals surface area contributed by atoms with Gasteiger partial charge in [-0.25, -0.2) is 0 Å². The predicted octanol–water partition coefficient (Wildman–Crippen LogP) is 4.78. The van der Waals surface area contributed by atoms with E-state index in [0.29, 0.717) is 5.02 Å². The fourth-order valence-electron chi connectivity index (χ4n) is 1.92. The SMILES string of the molecule is CCCOc1ccc(C(N)c2cc(Cl)ccc2I)cc1. The third kappa shape index (κ3) is 3.87. The van der Waals surface area contributed by atoms with Crippen molar-refractivity contribution >= 4 is 34.2 Å². The minimum absolute atomic E-state index is 0.180. The number of hydrogen-bond acceptors (Lipinski definition) is 2. The molecule has 1 unspecified atom stereocenters. The Morgan fingerprint density at radius 2 is 1.90 bits per heavy atom. The highest BCUT2D eigenvalue weighted by molar-refractivity contribution is 14.1. The van der Waals surface area contributed by atoms with Gasteiger partial charge in [-0.05, 0) is 70.5 Å². The van der Waals surface area contributed by atoms with E-state index in [0.717, 1.165) is 33.5 Å². The molecule has 0 amide bonds. The van der Waals surface area contributed by atoms with E-state index in [4.69, 9.17) is 22.1 Å². The Balaban J connectivity index is 2.20.